The standard InChI is InChI=1S/C36H53N5O6SSi2/c1-36(2,47-25-29-14-11-10-12-15-29)26-46-35-38-23-33(39(35)3)48(42,43)41(28-45-19-21-50(7,8)9)32-17-13-16-31-30(22-37)24-40(34(31)32)27-44-18-20-49(4,5)6/h10-17,23-24H,18-21,25-28H2,1-9H3. The molecular formula is C36H53N5O6SSi2. The first-order valence-electron chi connectivity index (χ1n) is 16.9. The van der Waals surface area contributed by atoms with E-state index in [4.69, 9.17) is 18.9 Å². The lowest BCUT2D eigenvalue weighted by atomic mass is 10.1. The average molecular weight is 740 g/mol. The van der Waals surface area contributed by atoms with Crippen LogP contribution < -0.4 is 9.04 Å². The summed E-state index contributed by atoms with van der Waals surface area (Å²) in [5, 5.41) is 10.6. The van der Waals surface area contributed by atoms with Crippen LogP contribution in [0.1, 0.15) is 25.0 Å². The van der Waals surface area contributed by atoms with Crippen molar-refractivity contribution < 1.29 is 27.4 Å². The van der Waals surface area contributed by atoms with E-state index in [2.05, 4.69) is 50.3 Å². The van der Waals surface area contributed by atoms with Gasteiger partial charge in [-0.05, 0) is 37.6 Å². The van der Waals surface area contributed by atoms with E-state index in [0.717, 1.165) is 17.7 Å². The number of para-hydroxylation sites is 1. The zero-order valence-electron chi connectivity index (χ0n) is 31.0. The molecule has 272 valence electrons. The summed E-state index contributed by atoms with van der Waals surface area (Å²) in [5.74, 6) is 0. The number of rotatable bonds is 19. The Morgan fingerprint density at radius 3 is 2.24 bits per heavy atom. The van der Waals surface area contributed by atoms with Crippen molar-refractivity contribution in [1.82, 2.24) is 14.1 Å². The van der Waals surface area contributed by atoms with Crippen LogP contribution >= 0.6 is 0 Å². The summed E-state index contributed by atoms with van der Waals surface area (Å²) in [5.41, 5.74) is 1.75. The zero-order valence-corrected chi connectivity index (χ0v) is 33.8. The minimum atomic E-state index is -4.25. The van der Waals surface area contributed by atoms with E-state index in [1.54, 1.807) is 25.4 Å². The minimum absolute atomic E-state index is 0.0636. The summed E-state index contributed by atoms with van der Waals surface area (Å²) in [7, 11) is -5.42. The number of imidazole rings is 1. The van der Waals surface area contributed by atoms with E-state index in [0.29, 0.717) is 42.0 Å². The van der Waals surface area contributed by atoms with Crippen molar-refractivity contribution in [2.45, 2.75) is 89.2 Å². The molecule has 0 spiro atoms. The van der Waals surface area contributed by atoms with Gasteiger partial charge < -0.3 is 23.5 Å². The Labute approximate surface area is 299 Å². The van der Waals surface area contributed by atoms with Crippen LogP contribution in [0.15, 0.2) is 66.0 Å². The second kappa shape index (κ2) is 16.3. The molecule has 0 fully saturated rings. The highest BCUT2D eigenvalue weighted by Crippen LogP contribution is 2.35. The molecule has 0 bridgehead atoms. The van der Waals surface area contributed by atoms with Gasteiger partial charge in [0.1, 0.15) is 26.1 Å². The van der Waals surface area contributed by atoms with E-state index in [-0.39, 0.29) is 31.1 Å². The second-order valence-corrected chi connectivity index (χ2v) is 28.7. The van der Waals surface area contributed by atoms with E-state index < -0.39 is 31.8 Å². The number of benzene rings is 2. The number of aromatic nitrogens is 3. The molecule has 14 heteroatoms. The number of ether oxygens (including phenoxy) is 4. The van der Waals surface area contributed by atoms with E-state index in [9.17, 15) is 13.7 Å². The number of nitriles is 1. The Bertz CT molecular complexity index is 1870. The maximum Gasteiger partial charge on any atom is 0.297 e. The number of sulfonamides is 1. The fourth-order valence-corrected chi connectivity index (χ4v) is 8.03. The highest BCUT2D eigenvalue weighted by Gasteiger charge is 2.33. The van der Waals surface area contributed by atoms with Gasteiger partial charge in [-0.1, -0.05) is 81.7 Å². The number of nitrogens with zero attached hydrogens (tertiary/aromatic N) is 5. The van der Waals surface area contributed by atoms with Crippen molar-refractivity contribution in [2.75, 3.05) is 30.9 Å². The third-order valence-electron chi connectivity index (χ3n) is 8.18. The summed E-state index contributed by atoms with van der Waals surface area (Å²) in [6.07, 6.45) is 3.02. The summed E-state index contributed by atoms with van der Waals surface area (Å²) in [6.45, 7) is 18.9. The van der Waals surface area contributed by atoms with Crippen LogP contribution in [-0.2, 0) is 44.6 Å². The van der Waals surface area contributed by atoms with Gasteiger partial charge in [0.25, 0.3) is 16.0 Å². The topological polar surface area (TPSA) is 121 Å². The van der Waals surface area contributed by atoms with Gasteiger partial charge in [-0.2, -0.15) is 13.7 Å². The van der Waals surface area contributed by atoms with Crippen molar-refractivity contribution in [3.05, 3.63) is 72.1 Å². The molecule has 0 saturated heterocycles. The summed E-state index contributed by atoms with van der Waals surface area (Å²) < 4.78 is 58.1. The molecule has 50 heavy (non-hydrogen) atoms. The van der Waals surface area contributed by atoms with Crippen LogP contribution in [-0.4, -0.2) is 70.8 Å². The Morgan fingerprint density at radius 1 is 0.940 bits per heavy atom. The summed E-state index contributed by atoms with van der Waals surface area (Å²) in [4.78, 5) is 4.35. The largest absolute Gasteiger partial charge is 0.462 e. The van der Waals surface area contributed by atoms with Crippen molar-refractivity contribution in [3.8, 4) is 12.1 Å². The van der Waals surface area contributed by atoms with Crippen LogP contribution in [0.4, 0.5) is 5.69 Å². The molecule has 4 aromatic rings. The van der Waals surface area contributed by atoms with Crippen molar-refractivity contribution >= 4 is 42.8 Å². The van der Waals surface area contributed by atoms with Gasteiger partial charge in [-0.3, -0.25) is 4.57 Å². The molecule has 0 unspecified atom stereocenters. The Balaban J connectivity index is 1.65. The van der Waals surface area contributed by atoms with Crippen molar-refractivity contribution in [2.24, 2.45) is 7.05 Å². The molecule has 0 aliphatic carbocycles. The highest BCUT2D eigenvalue weighted by atomic mass is 32.2. The normalized spacial score (nSPS) is 12.7. The molecule has 2 heterocycles. The maximum absolute atomic E-state index is 14.6. The van der Waals surface area contributed by atoms with E-state index in [1.165, 1.54) is 15.1 Å². The molecule has 2 aromatic heterocycles. The minimum Gasteiger partial charge on any atom is -0.462 e. The predicted molar refractivity (Wildman–Crippen MR) is 203 cm³/mol. The monoisotopic (exact) mass is 739 g/mol. The van der Waals surface area contributed by atoms with Crippen LogP contribution in [0.25, 0.3) is 10.9 Å². The van der Waals surface area contributed by atoms with Gasteiger partial charge in [0.15, 0.2) is 5.03 Å². The second-order valence-electron chi connectivity index (χ2n) is 15.6. The highest BCUT2D eigenvalue weighted by molar-refractivity contribution is 7.92. The first kappa shape index (κ1) is 39.3. The van der Waals surface area contributed by atoms with Crippen LogP contribution in [0.3, 0.4) is 0 Å². The van der Waals surface area contributed by atoms with Crippen LogP contribution in [0.2, 0.25) is 51.4 Å². The first-order valence-corrected chi connectivity index (χ1v) is 25.8. The first-order chi connectivity index (χ1) is 23.4. The quantitative estimate of drug-likeness (QED) is 0.0553. The van der Waals surface area contributed by atoms with Gasteiger partial charge in [0.2, 0.25) is 0 Å². The Kier molecular flexibility index (Phi) is 12.8. The Hall–Kier alpha value is -3.46. The number of hydrogen-bond acceptors (Lipinski definition) is 8. The lowest BCUT2D eigenvalue weighted by molar-refractivity contribution is -0.0591. The van der Waals surface area contributed by atoms with Crippen LogP contribution in [0.5, 0.6) is 6.01 Å². The molecular weight excluding hydrogens is 687 g/mol. The lowest BCUT2D eigenvalue weighted by Gasteiger charge is -2.27. The van der Waals surface area contributed by atoms with E-state index in [1.807, 2.05) is 54.8 Å². The molecule has 4 rings (SSSR count). The third-order valence-corrected chi connectivity index (χ3v) is 13.4. The molecule has 0 aliphatic rings. The van der Waals surface area contributed by atoms with Gasteiger partial charge in [-0.15, -0.1) is 0 Å². The van der Waals surface area contributed by atoms with Gasteiger partial charge in [0.05, 0.1) is 35.2 Å². The van der Waals surface area contributed by atoms with Crippen molar-refractivity contribution in [3.63, 3.8) is 0 Å². The Morgan fingerprint density at radius 2 is 1.60 bits per heavy atom. The SMILES string of the molecule is Cn1c(S(=O)(=O)N(COCC[Si](C)(C)C)c2cccc3c(C#N)cn(COCC[Si](C)(C)C)c23)cnc1OCC(C)(C)OCc1ccccc1. The maximum atomic E-state index is 14.6. The molecule has 0 aliphatic heterocycles. The molecule has 0 radical (unpaired) electrons. The molecule has 0 atom stereocenters. The fourth-order valence-electron chi connectivity index (χ4n) is 5.07. The molecule has 0 N–H and O–H groups in total. The number of fused-ring (bicyclic) bond motifs is 1. The molecule has 11 nitrogen and oxygen atoms in total. The lowest BCUT2D eigenvalue weighted by Crippen LogP contribution is -2.36. The summed E-state index contributed by atoms with van der Waals surface area (Å²) in [6, 6.07) is 19.4. The van der Waals surface area contributed by atoms with Crippen LogP contribution in [0, 0.1) is 11.3 Å². The average Bonchev–Trinajstić information content (AvgIpc) is 3.61. The number of anilines is 1. The zero-order chi connectivity index (χ0) is 36.7. The smallest absolute Gasteiger partial charge is 0.297 e. The van der Waals surface area contributed by atoms with Gasteiger partial charge in [0, 0.05) is 48.0 Å². The van der Waals surface area contributed by atoms with Crippen molar-refractivity contribution in [1.29, 1.82) is 5.26 Å². The molecule has 2 aromatic carbocycles. The third kappa shape index (κ3) is 10.5. The summed E-state index contributed by atoms with van der Waals surface area (Å²) >= 11 is 0. The number of hydrogen-bond donors (Lipinski definition) is 0. The van der Waals surface area contributed by atoms with E-state index >= 15 is 0 Å². The van der Waals surface area contributed by atoms with Gasteiger partial charge >= 0.3 is 0 Å². The molecule has 0 saturated carbocycles. The fraction of sp³-hybridized carbons (Fsp3) is 0.500. The predicted octanol–water partition coefficient (Wildman–Crippen LogP) is 7.44. The molecule has 0 amide bonds. The van der Waals surface area contributed by atoms with Gasteiger partial charge in [-0.25, -0.2) is 9.29 Å².